The molecule has 0 aliphatic heterocycles. The van der Waals surface area contributed by atoms with Crippen LogP contribution in [0.2, 0.25) is 0 Å². The fourth-order valence-corrected chi connectivity index (χ4v) is 2.37. The third kappa shape index (κ3) is 5.60. The van der Waals surface area contributed by atoms with Gasteiger partial charge < -0.3 is 15.2 Å². The Bertz CT molecular complexity index is 495. The Balaban J connectivity index is 2.55. The number of aliphatic hydroxyl groups is 1. The van der Waals surface area contributed by atoms with Crippen molar-refractivity contribution in [2.75, 3.05) is 31.8 Å². The fourth-order valence-electron chi connectivity index (χ4n) is 1.58. The molecule has 0 aromatic heterocycles. The van der Waals surface area contributed by atoms with Gasteiger partial charge in [-0.3, -0.25) is 14.9 Å². The molecule has 1 amide bonds. The van der Waals surface area contributed by atoms with E-state index < -0.39 is 4.92 Å². The number of ether oxygens (including phenoxy) is 1. The molecular formula is C13H18N2O5S. The second-order valence-corrected chi connectivity index (χ2v) is 5.31. The zero-order chi connectivity index (χ0) is 15.7. The molecule has 0 saturated carbocycles. The molecule has 0 spiro atoms. The summed E-state index contributed by atoms with van der Waals surface area (Å²) in [6.07, 6.45) is 0.731. The summed E-state index contributed by atoms with van der Waals surface area (Å²) < 4.78 is 5.02. The Labute approximate surface area is 126 Å². The van der Waals surface area contributed by atoms with Gasteiger partial charge in [0, 0.05) is 25.0 Å². The van der Waals surface area contributed by atoms with Crippen LogP contribution in [0.25, 0.3) is 0 Å². The second kappa shape index (κ2) is 9.19. The maximum absolute atomic E-state index is 12.0. The Morgan fingerprint density at radius 3 is 2.86 bits per heavy atom. The monoisotopic (exact) mass is 314 g/mol. The number of nitro benzene ring substituents is 1. The molecule has 0 aliphatic carbocycles. The number of hydrogen-bond acceptors (Lipinski definition) is 6. The molecule has 1 aromatic rings. The van der Waals surface area contributed by atoms with Crippen molar-refractivity contribution in [3.8, 4) is 5.75 Å². The highest BCUT2D eigenvalue weighted by molar-refractivity contribution is 7.99. The zero-order valence-corrected chi connectivity index (χ0v) is 12.5. The number of aliphatic hydroxyl groups excluding tert-OH is 1. The molecule has 0 unspecified atom stereocenters. The lowest BCUT2D eigenvalue weighted by Gasteiger charge is -2.09. The van der Waals surface area contributed by atoms with E-state index >= 15 is 0 Å². The summed E-state index contributed by atoms with van der Waals surface area (Å²) in [5.41, 5.74) is 0.145. The molecule has 2 N–H and O–H groups in total. The highest BCUT2D eigenvalue weighted by Gasteiger charge is 2.16. The first-order valence-corrected chi connectivity index (χ1v) is 7.55. The molecule has 0 aliphatic rings. The first kappa shape index (κ1) is 17.3. The summed E-state index contributed by atoms with van der Waals surface area (Å²) in [5, 5.41) is 22.0. The summed E-state index contributed by atoms with van der Waals surface area (Å²) in [7, 11) is 1.36. The van der Waals surface area contributed by atoms with E-state index in [1.54, 1.807) is 11.8 Å². The summed E-state index contributed by atoms with van der Waals surface area (Å²) >= 11 is 1.64. The predicted molar refractivity (Wildman–Crippen MR) is 81.0 cm³/mol. The number of methoxy groups -OCH3 is 1. The zero-order valence-electron chi connectivity index (χ0n) is 11.7. The van der Waals surface area contributed by atoms with E-state index in [1.807, 2.05) is 0 Å². The number of nitro groups is 1. The molecule has 0 heterocycles. The molecule has 116 valence electrons. The van der Waals surface area contributed by atoms with Crippen LogP contribution in [0.1, 0.15) is 16.8 Å². The number of thioether (sulfide) groups is 1. The largest absolute Gasteiger partial charge is 0.496 e. The van der Waals surface area contributed by atoms with Crippen molar-refractivity contribution in [2.45, 2.75) is 6.42 Å². The van der Waals surface area contributed by atoms with E-state index in [2.05, 4.69) is 5.32 Å². The van der Waals surface area contributed by atoms with Gasteiger partial charge in [0.2, 0.25) is 0 Å². The lowest BCUT2D eigenvalue weighted by Crippen LogP contribution is -2.26. The number of nitrogens with one attached hydrogen (secondary N) is 1. The van der Waals surface area contributed by atoms with Crippen LogP contribution in [0, 0.1) is 10.1 Å². The molecule has 0 atom stereocenters. The molecular weight excluding hydrogens is 296 g/mol. The van der Waals surface area contributed by atoms with Crippen molar-refractivity contribution in [3.05, 3.63) is 33.9 Å². The van der Waals surface area contributed by atoms with Crippen LogP contribution >= 0.6 is 11.8 Å². The van der Waals surface area contributed by atoms with E-state index in [4.69, 9.17) is 9.84 Å². The summed E-state index contributed by atoms with van der Waals surface area (Å²) in [5.74, 6) is 1.42. The van der Waals surface area contributed by atoms with Crippen LogP contribution in [-0.4, -0.2) is 47.7 Å². The lowest BCUT2D eigenvalue weighted by molar-refractivity contribution is -0.384. The molecule has 0 bridgehead atoms. The number of carbonyl (C=O) groups excluding carboxylic acids is 1. The quantitative estimate of drug-likeness (QED) is 0.406. The Morgan fingerprint density at radius 2 is 2.24 bits per heavy atom. The molecule has 0 saturated heterocycles. The van der Waals surface area contributed by atoms with E-state index in [1.165, 1.54) is 25.3 Å². The standard InChI is InChI=1S/C13H18N2O5S/c1-20-12-9-10(15(18)19)3-4-11(12)13(17)14-5-8-21-7-2-6-16/h3-4,9,16H,2,5-8H2,1H3,(H,14,17). The molecule has 0 fully saturated rings. The minimum atomic E-state index is -0.540. The molecule has 1 aromatic carbocycles. The van der Waals surface area contributed by atoms with Gasteiger partial charge in [-0.05, 0) is 18.2 Å². The van der Waals surface area contributed by atoms with Gasteiger partial charge in [0.1, 0.15) is 5.75 Å². The summed E-state index contributed by atoms with van der Waals surface area (Å²) in [6.45, 7) is 0.647. The topological polar surface area (TPSA) is 102 Å². The second-order valence-electron chi connectivity index (χ2n) is 4.09. The van der Waals surface area contributed by atoms with Gasteiger partial charge in [-0.1, -0.05) is 0 Å². The summed E-state index contributed by atoms with van der Waals surface area (Å²) in [4.78, 5) is 22.1. The van der Waals surface area contributed by atoms with Gasteiger partial charge in [0.15, 0.2) is 0 Å². The van der Waals surface area contributed by atoms with Crippen LogP contribution in [0.5, 0.6) is 5.75 Å². The number of hydrogen-bond donors (Lipinski definition) is 2. The van der Waals surface area contributed by atoms with E-state index in [-0.39, 0.29) is 29.5 Å². The van der Waals surface area contributed by atoms with E-state index in [0.717, 1.165) is 17.9 Å². The molecule has 0 radical (unpaired) electrons. The fraction of sp³-hybridized carbons (Fsp3) is 0.462. The normalized spacial score (nSPS) is 10.2. The summed E-state index contributed by atoms with van der Waals surface area (Å²) in [6, 6.07) is 3.88. The van der Waals surface area contributed by atoms with Gasteiger partial charge in [0.25, 0.3) is 11.6 Å². The Morgan fingerprint density at radius 1 is 1.48 bits per heavy atom. The van der Waals surface area contributed by atoms with Crippen LogP contribution in [0.15, 0.2) is 18.2 Å². The number of amides is 1. The molecule has 21 heavy (non-hydrogen) atoms. The van der Waals surface area contributed by atoms with Gasteiger partial charge in [-0.25, -0.2) is 0 Å². The number of benzene rings is 1. The van der Waals surface area contributed by atoms with Crippen molar-refractivity contribution >= 4 is 23.4 Å². The van der Waals surface area contributed by atoms with E-state index in [9.17, 15) is 14.9 Å². The van der Waals surface area contributed by atoms with Gasteiger partial charge in [0.05, 0.1) is 23.7 Å². The number of nitrogens with zero attached hydrogens (tertiary/aromatic N) is 1. The average molecular weight is 314 g/mol. The highest BCUT2D eigenvalue weighted by Crippen LogP contribution is 2.24. The third-order valence-electron chi connectivity index (χ3n) is 2.62. The van der Waals surface area contributed by atoms with Crippen LogP contribution in [0.4, 0.5) is 5.69 Å². The van der Waals surface area contributed by atoms with Crippen LogP contribution in [0.3, 0.4) is 0 Å². The van der Waals surface area contributed by atoms with E-state index in [0.29, 0.717) is 6.54 Å². The molecule has 7 nitrogen and oxygen atoms in total. The van der Waals surface area contributed by atoms with Crippen LogP contribution in [-0.2, 0) is 0 Å². The maximum Gasteiger partial charge on any atom is 0.273 e. The first-order valence-electron chi connectivity index (χ1n) is 6.39. The Hall–Kier alpha value is -1.80. The van der Waals surface area contributed by atoms with Crippen molar-refractivity contribution < 1.29 is 19.6 Å². The smallest absolute Gasteiger partial charge is 0.273 e. The van der Waals surface area contributed by atoms with Crippen LogP contribution < -0.4 is 10.1 Å². The molecule has 8 heteroatoms. The number of rotatable bonds is 9. The van der Waals surface area contributed by atoms with Crippen molar-refractivity contribution in [1.82, 2.24) is 5.32 Å². The highest BCUT2D eigenvalue weighted by atomic mass is 32.2. The van der Waals surface area contributed by atoms with Gasteiger partial charge in [-0.15, -0.1) is 0 Å². The maximum atomic E-state index is 12.0. The lowest BCUT2D eigenvalue weighted by atomic mass is 10.1. The van der Waals surface area contributed by atoms with Crippen molar-refractivity contribution in [1.29, 1.82) is 0 Å². The van der Waals surface area contributed by atoms with Gasteiger partial charge >= 0.3 is 0 Å². The van der Waals surface area contributed by atoms with Crippen molar-refractivity contribution in [3.63, 3.8) is 0 Å². The first-order chi connectivity index (χ1) is 10.1. The predicted octanol–water partition coefficient (Wildman–Crippen LogP) is 1.45. The average Bonchev–Trinajstić information content (AvgIpc) is 2.49. The molecule has 1 rings (SSSR count). The third-order valence-corrected chi connectivity index (χ3v) is 3.69. The number of carbonyl (C=O) groups is 1. The Kier molecular flexibility index (Phi) is 7.55. The van der Waals surface area contributed by atoms with Gasteiger partial charge in [-0.2, -0.15) is 11.8 Å². The minimum absolute atomic E-state index is 0.122. The SMILES string of the molecule is COc1cc([N+](=O)[O-])ccc1C(=O)NCCSCCCO. The number of non-ortho nitro benzene ring substituents is 1. The van der Waals surface area contributed by atoms with Crippen molar-refractivity contribution in [2.24, 2.45) is 0 Å². The minimum Gasteiger partial charge on any atom is -0.496 e.